The average Bonchev–Trinajstić information content (AvgIpc) is 2.36. The zero-order chi connectivity index (χ0) is 12.7. The van der Waals surface area contributed by atoms with Gasteiger partial charge in [0.15, 0.2) is 0 Å². The summed E-state index contributed by atoms with van der Waals surface area (Å²) in [5, 5.41) is 0. The van der Waals surface area contributed by atoms with Crippen molar-refractivity contribution in [3.05, 3.63) is 0 Å². The molecule has 102 valence electrons. The second-order valence-corrected chi connectivity index (χ2v) is 5.22. The normalized spacial score (nSPS) is 25.8. The predicted octanol–water partition coefficient (Wildman–Crippen LogP) is 1.92. The maximum absolute atomic E-state index is 5.98. The van der Waals surface area contributed by atoms with Crippen molar-refractivity contribution in [2.75, 3.05) is 32.7 Å². The maximum atomic E-state index is 5.98. The van der Waals surface area contributed by atoms with Gasteiger partial charge in [-0.05, 0) is 45.3 Å². The molecule has 0 aliphatic heterocycles. The van der Waals surface area contributed by atoms with E-state index in [1.165, 1.54) is 58.4 Å². The van der Waals surface area contributed by atoms with E-state index in [9.17, 15) is 0 Å². The summed E-state index contributed by atoms with van der Waals surface area (Å²) in [7, 11) is 0. The molecule has 0 spiro atoms. The third-order valence-corrected chi connectivity index (χ3v) is 4.26. The average molecular weight is 241 g/mol. The Kier molecular flexibility index (Phi) is 7.09. The van der Waals surface area contributed by atoms with E-state index in [1.54, 1.807) is 0 Å². The van der Waals surface area contributed by atoms with Gasteiger partial charge in [-0.15, -0.1) is 0 Å². The molecule has 1 fully saturated rings. The van der Waals surface area contributed by atoms with Crippen LogP contribution in [0.15, 0.2) is 0 Å². The molecule has 0 aromatic heterocycles. The Bertz CT molecular complexity index is 184. The van der Waals surface area contributed by atoms with Crippen molar-refractivity contribution < 1.29 is 0 Å². The summed E-state index contributed by atoms with van der Waals surface area (Å²) < 4.78 is 0. The third-order valence-electron chi connectivity index (χ3n) is 4.26. The summed E-state index contributed by atoms with van der Waals surface area (Å²) in [6.45, 7) is 12.7. The Labute approximate surface area is 107 Å². The topological polar surface area (TPSA) is 32.5 Å². The summed E-state index contributed by atoms with van der Waals surface area (Å²) in [4.78, 5) is 5.17. The smallest absolute Gasteiger partial charge is 0.0112 e. The molecule has 0 atom stereocenters. The molecule has 1 saturated carbocycles. The minimum atomic E-state index is 0.465. The molecule has 0 heterocycles. The summed E-state index contributed by atoms with van der Waals surface area (Å²) in [6, 6.07) is 1.25. The first-order valence-electron chi connectivity index (χ1n) is 7.43. The Morgan fingerprint density at radius 1 is 0.882 bits per heavy atom. The van der Waals surface area contributed by atoms with Crippen LogP contribution >= 0.6 is 0 Å². The summed E-state index contributed by atoms with van der Waals surface area (Å²) >= 11 is 0. The van der Waals surface area contributed by atoms with Gasteiger partial charge in [0.05, 0.1) is 0 Å². The molecule has 0 amide bonds. The van der Waals surface area contributed by atoms with Gasteiger partial charge in [-0.2, -0.15) is 0 Å². The van der Waals surface area contributed by atoms with E-state index in [0.717, 1.165) is 6.04 Å². The lowest BCUT2D eigenvalue weighted by molar-refractivity contribution is 0.136. The molecular weight excluding hydrogens is 210 g/mol. The second kappa shape index (κ2) is 8.06. The first-order chi connectivity index (χ1) is 8.21. The highest BCUT2D eigenvalue weighted by Crippen LogP contribution is 2.21. The van der Waals surface area contributed by atoms with Crippen molar-refractivity contribution >= 4 is 0 Å². The molecule has 0 aromatic rings. The van der Waals surface area contributed by atoms with Crippen LogP contribution in [0.3, 0.4) is 0 Å². The van der Waals surface area contributed by atoms with Crippen LogP contribution < -0.4 is 5.73 Å². The van der Waals surface area contributed by atoms with Crippen molar-refractivity contribution in [3.8, 4) is 0 Å². The lowest BCUT2D eigenvalue weighted by Gasteiger charge is -2.36. The van der Waals surface area contributed by atoms with Crippen molar-refractivity contribution in [1.82, 2.24) is 9.80 Å². The summed E-state index contributed by atoms with van der Waals surface area (Å²) in [5.74, 6) is 0. The fourth-order valence-electron chi connectivity index (χ4n) is 2.88. The van der Waals surface area contributed by atoms with Crippen molar-refractivity contribution in [3.63, 3.8) is 0 Å². The number of rotatable bonds is 7. The molecule has 0 saturated heterocycles. The second-order valence-electron chi connectivity index (χ2n) is 5.22. The lowest BCUT2D eigenvalue weighted by Crippen LogP contribution is -2.44. The fraction of sp³-hybridized carbons (Fsp3) is 1.00. The van der Waals surface area contributed by atoms with Gasteiger partial charge in [0, 0.05) is 25.2 Å². The largest absolute Gasteiger partial charge is 0.328 e. The van der Waals surface area contributed by atoms with Crippen LogP contribution in [0.5, 0.6) is 0 Å². The molecule has 1 aliphatic carbocycles. The van der Waals surface area contributed by atoms with Crippen LogP contribution in [-0.4, -0.2) is 54.6 Å². The van der Waals surface area contributed by atoms with E-state index < -0.39 is 0 Å². The van der Waals surface area contributed by atoms with E-state index >= 15 is 0 Å². The molecular formula is C14H31N3. The van der Waals surface area contributed by atoms with Crippen LogP contribution in [0, 0.1) is 0 Å². The quantitative estimate of drug-likeness (QED) is 0.739. The number of hydrogen-bond donors (Lipinski definition) is 1. The predicted molar refractivity (Wildman–Crippen MR) is 75.3 cm³/mol. The first-order valence-corrected chi connectivity index (χ1v) is 7.43. The summed E-state index contributed by atoms with van der Waals surface area (Å²) in [5.41, 5.74) is 5.98. The molecule has 0 bridgehead atoms. The van der Waals surface area contributed by atoms with Gasteiger partial charge in [0.2, 0.25) is 0 Å². The van der Waals surface area contributed by atoms with E-state index in [2.05, 4.69) is 30.6 Å². The van der Waals surface area contributed by atoms with Crippen LogP contribution in [0.2, 0.25) is 0 Å². The lowest BCUT2D eigenvalue weighted by atomic mass is 9.91. The Balaban J connectivity index is 2.32. The highest BCUT2D eigenvalue weighted by molar-refractivity contribution is 4.81. The molecule has 2 N–H and O–H groups in total. The van der Waals surface area contributed by atoms with E-state index in [-0.39, 0.29) is 0 Å². The molecule has 1 aliphatic rings. The van der Waals surface area contributed by atoms with Gasteiger partial charge in [-0.1, -0.05) is 20.8 Å². The standard InChI is InChI=1S/C14H31N3/c1-4-16(5-2)11-12-17(6-3)14-9-7-13(15)8-10-14/h13-14H,4-12,15H2,1-3H3. The van der Waals surface area contributed by atoms with Gasteiger partial charge in [-0.3, -0.25) is 4.90 Å². The Morgan fingerprint density at radius 2 is 1.47 bits per heavy atom. The highest BCUT2D eigenvalue weighted by atomic mass is 15.2. The van der Waals surface area contributed by atoms with Crippen molar-refractivity contribution in [2.45, 2.75) is 58.5 Å². The van der Waals surface area contributed by atoms with Crippen LogP contribution in [0.4, 0.5) is 0 Å². The van der Waals surface area contributed by atoms with Gasteiger partial charge in [0.25, 0.3) is 0 Å². The van der Waals surface area contributed by atoms with E-state index in [0.29, 0.717) is 6.04 Å². The first kappa shape index (κ1) is 14.9. The molecule has 17 heavy (non-hydrogen) atoms. The molecule has 0 unspecified atom stereocenters. The monoisotopic (exact) mass is 241 g/mol. The number of hydrogen-bond acceptors (Lipinski definition) is 3. The van der Waals surface area contributed by atoms with E-state index in [4.69, 9.17) is 5.73 Å². The van der Waals surface area contributed by atoms with Crippen LogP contribution in [0.25, 0.3) is 0 Å². The summed E-state index contributed by atoms with van der Waals surface area (Å²) in [6.07, 6.45) is 5.03. The molecule has 3 heteroatoms. The van der Waals surface area contributed by atoms with Gasteiger partial charge in [-0.25, -0.2) is 0 Å². The number of likely N-dealkylation sites (N-methyl/N-ethyl adjacent to an activating group) is 2. The van der Waals surface area contributed by atoms with Crippen LogP contribution in [0.1, 0.15) is 46.5 Å². The molecule has 0 aromatic carbocycles. The van der Waals surface area contributed by atoms with E-state index in [1.807, 2.05) is 0 Å². The fourth-order valence-corrected chi connectivity index (χ4v) is 2.88. The Morgan fingerprint density at radius 3 is 1.94 bits per heavy atom. The minimum absolute atomic E-state index is 0.465. The molecule has 1 rings (SSSR count). The minimum Gasteiger partial charge on any atom is -0.328 e. The molecule has 3 nitrogen and oxygen atoms in total. The molecule has 0 radical (unpaired) electrons. The van der Waals surface area contributed by atoms with Crippen LogP contribution in [-0.2, 0) is 0 Å². The third kappa shape index (κ3) is 4.94. The highest BCUT2D eigenvalue weighted by Gasteiger charge is 2.23. The SMILES string of the molecule is CCN(CC)CCN(CC)C1CCC(N)CC1. The van der Waals surface area contributed by atoms with Gasteiger partial charge >= 0.3 is 0 Å². The Hall–Kier alpha value is -0.120. The van der Waals surface area contributed by atoms with Crippen molar-refractivity contribution in [1.29, 1.82) is 0 Å². The maximum Gasteiger partial charge on any atom is 0.0112 e. The number of nitrogens with two attached hydrogens (primary N) is 1. The van der Waals surface area contributed by atoms with Crippen molar-refractivity contribution in [2.24, 2.45) is 5.73 Å². The zero-order valence-corrected chi connectivity index (χ0v) is 12.0. The number of nitrogens with zero attached hydrogens (tertiary/aromatic N) is 2. The zero-order valence-electron chi connectivity index (χ0n) is 12.0. The van der Waals surface area contributed by atoms with Gasteiger partial charge < -0.3 is 10.6 Å². The van der Waals surface area contributed by atoms with Gasteiger partial charge in [0.1, 0.15) is 0 Å².